The second kappa shape index (κ2) is 9.01. The van der Waals surface area contributed by atoms with Gasteiger partial charge in [0, 0.05) is 10.0 Å². The molecule has 0 aliphatic heterocycles. The van der Waals surface area contributed by atoms with E-state index in [4.69, 9.17) is 9.47 Å². The fourth-order valence-corrected chi connectivity index (χ4v) is 3.46. The lowest BCUT2D eigenvalue weighted by Crippen LogP contribution is -2.32. The maximum Gasteiger partial charge on any atom is 0.349 e. The van der Waals surface area contributed by atoms with E-state index in [0.29, 0.717) is 39.0 Å². The lowest BCUT2D eigenvalue weighted by molar-refractivity contribution is 0.284. The van der Waals surface area contributed by atoms with E-state index in [0.717, 1.165) is 10.2 Å². The van der Waals surface area contributed by atoms with Crippen LogP contribution in [0.4, 0.5) is 0 Å². The molecule has 0 radical (unpaired) electrons. The largest absolute Gasteiger partial charge is 0.493 e. The van der Waals surface area contributed by atoms with Crippen LogP contribution in [0.2, 0.25) is 0 Å². The van der Waals surface area contributed by atoms with Gasteiger partial charge in [0.05, 0.1) is 24.2 Å². The maximum absolute atomic E-state index is 12.6. The maximum atomic E-state index is 12.6. The van der Waals surface area contributed by atoms with Gasteiger partial charge in [-0.1, -0.05) is 42.5 Å². The molecule has 0 aliphatic rings. The third-order valence-corrected chi connectivity index (χ3v) is 5.30. The van der Waals surface area contributed by atoms with Crippen LogP contribution in [0.5, 0.6) is 11.5 Å². The standard InChI is InChI=1S/C23H18BrN3O4/c1-30-20-11-16(18(24)12-21(20)31-14-15-7-3-2-4-8-15)13-25-27-22(28)17-9-5-6-10-19(17)26-23(27)29/h2-13H,14H2,1H3,(H,26,29). The first-order chi connectivity index (χ1) is 15.1. The summed E-state index contributed by atoms with van der Waals surface area (Å²) in [5.74, 6) is 1.05. The fraction of sp³-hybridized carbons (Fsp3) is 0.0870. The Hall–Kier alpha value is -3.65. The zero-order valence-electron chi connectivity index (χ0n) is 16.5. The van der Waals surface area contributed by atoms with Gasteiger partial charge in [-0.25, -0.2) is 4.79 Å². The molecule has 0 atom stereocenters. The van der Waals surface area contributed by atoms with Gasteiger partial charge in [0.25, 0.3) is 5.56 Å². The van der Waals surface area contributed by atoms with Crippen LogP contribution in [-0.4, -0.2) is 23.0 Å². The quantitative estimate of drug-likeness (QED) is 0.424. The average Bonchev–Trinajstić information content (AvgIpc) is 2.79. The Kier molecular flexibility index (Phi) is 5.99. The van der Waals surface area contributed by atoms with Gasteiger partial charge >= 0.3 is 5.69 Å². The zero-order chi connectivity index (χ0) is 21.8. The molecular formula is C23H18BrN3O4. The number of methoxy groups -OCH3 is 1. The minimum Gasteiger partial charge on any atom is -0.493 e. The number of rotatable bonds is 6. The van der Waals surface area contributed by atoms with Gasteiger partial charge in [0.2, 0.25) is 0 Å². The summed E-state index contributed by atoms with van der Waals surface area (Å²) in [6, 6.07) is 20.0. The molecule has 1 heterocycles. The van der Waals surface area contributed by atoms with E-state index in [1.807, 2.05) is 30.3 Å². The van der Waals surface area contributed by atoms with Crippen molar-refractivity contribution in [1.82, 2.24) is 9.66 Å². The Labute approximate surface area is 185 Å². The molecule has 1 aromatic heterocycles. The SMILES string of the molecule is COc1cc(C=Nn2c(=O)[nH]c3ccccc3c2=O)c(Br)cc1OCc1ccccc1. The fourth-order valence-electron chi connectivity index (χ4n) is 3.04. The van der Waals surface area contributed by atoms with Crippen LogP contribution in [-0.2, 0) is 6.61 Å². The molecule has 0 saturated carbocycles. The summed E-state index contributed by atoms with van der Waals surface area (Å²) >= 11 is 3.49. The molecule has 4 aromatic rings. The van der Waals surface area contributed by atoms with Crippen molar-refractivity contribution in [1.29, 1.82) is 0 Å². The van der Waals surface area contributed by atoms with Crippen LogP contribution < -0.4 is 20.7 Å². The molecule has 0 aliphatic carbocycles. The van der Waals surface area contributed by atoms with Gasteiger partial charge in [-0.3, -0.25) is 4.79 Å². The van der Waals surface area contributed by atoms with Crippen LogP contribution in [0, 0.1) is 0 Å². The third-order valence-electron chi connectivity index (χ3n) is 4.62. The van der Waals surface area contributed by atoms with Gasteiger partial charge in [0.15, 0.2) is 11.5 Å². The Balaban J connectivity index is 1.65. The molecule has 1 N–H and O–H groups in total. The summed E-state index contributed by atoms with van der Waals surface area (Å²) in [6.45, 7) is 0.388. The zero-order valence-corrected chi connectivity index (χ0v) is 18.1. The van der Waals surface area contributed by atoms with Crippen LogP contribution in [0.1, 0.15) is 11.1 Å². The topological polar surface area (TPSA) is 85.7 Å². The number of fused-ring (bicyclic) bond motifs is 1. The van der Waals surface area contributed by atoms with Crippen molar-refractivity contribution in [2.75, 3.05) is 7.11 Å². The average molecular weight is 480 g/mol. The van der Waals surface area contributed by atoms with Crippen LogP contribution in [0.15, 0.2) is 85.9 Å². The van der Waals surface area contributed by atoms with E-state index in [-0.39, 0.29) is 0 Å². The van der Waals surface area contributed by atoms with E-state index in [2.05, 4.69) is 26.0 Å². The van der Waals surface area contributed by atoms with Crippen molar-refractivity contribution >= 4 is 33.0 Å². The summed E-state index contributed by atoms with van der Waals surface area (Å²) in [7, 11) is 1.54. The van der Waals surface area contributed by atoms with Gasteiger partial charge in [0.1, 0.15) is 6.61 Å². The molecule has 3 aromatic carbocycles. The Bertz CT molecular complexity index is 1380. The number of H-pyrrole nitrogens is 1. The van der Waals surface area contributed by atoms with Gasteiger partial charge in [-0.15, -0.1) is 4.68 Å². The van der Waals surface area contributed by atoms with Gasteiger partial charge < -0.3 is 14.5 Å². The summed E-state index contributed by atoms with van der Waals surface area (Å²) in [4.78, 5) is 27.6. The molecule has 4 rings (SSSR count). The third kappa shape index (κ3) is 4.44. The summed E-state index contributed by atoms with van der Waals surface area (Å²) in [5.41, 5.74) is 0.990. The molecule has 0 bridgehead atoms. The van der Waals surface area contributed by atoms with Crippen molar-refractivity contribution < 1.29 is 9.47 Å². The molecule has 7 nitrogen and oxygen atoms in total. The Morgan fingerprint density at radius 3 is 2.55 bits per heavy atom. The molecule has 156 valence electrons. The number of nitrogens with one attached hydrogen (secondary N) is 1. The molecule has 0 unspecified atom stereocenters. The molecule has 0 fully saturated rings. The monoisotopic (exact) mass is 479 g/mol. The smallest absolute Gasteiger partial charge is 0.349 e. The summed E-state index contributed by atoms with van der Waals surface area (Å²) < 4.78 is 12.8. The van der Waals surface area contributed by atoms with E-state index in [9.17, 15) is 9.59 Å². The molecule has 31 heavy (non-hydrogen) atoms. The number of nitrogens with zero attached hydrogens (tertiary/aromatic N) is 2. The first-order valence-corrected chi connectivity index (χ1v) is 10.2. The van der Waals surface area contributed by atoms with E-state index >= 15 is 0 Å². The highest BCUT2D eigenvalue weighted by atomic mass is 79.9. The number of aromatic nitrogens is 2. The van der Waals surface area contributed by atoms with Crippen molar-refractivity contribution in [2.24, 2.45) is 5.10 Å². The highest BCUT2D eigenvalue weighted by Gasteiger charge is 2.11. The number of ether oxygens (including phenoxy) is 2. The van der Waals surface area contributed by atoms with Crippen LogP contribution in [0.25, 0.3) is 10.9 Å². The van der Waals surface area contributed by atoms with Gasteiger partial charge in [-0.05, 0) is 45.8 Å². The van der Waals surface area contributed by atoms with E-state index < -0.39 is 11.2 Å². The molecule has 0 spiro atoms. The Morgan fingerprint density at radius 1 is 1.03 bits per heavy atom. The second-order valence-corrected chi connectivity index (χ2v) is 7.49. The lowest BCUT2D eigenvalue weighted by atomic mass is 10.2. The molecule has 0 amide bonds. The molecule has 0 saturated heterocycles. The molecule has 8 heteroatoms. The number of hydrogen-bond donors (Lipinski definition) is 1. The lowest BCUT2D eigenvalue weighted by Gasteiger charge is -2.12. The second-order valence-electron chi connectivity index (χ2n) is 6.64. The summed E-state index contributed by atoms with van der Waals surface area (Å²) in [6.07, 6.45) is 1.42. The van der Waals surface area contributed by atoms with Crippen molar-refractivity contribution in [2.45, 2.75) is 6.61 Å². The number of halogens is 1. The first kappa shape index (κ1) is 20.6. The number of hydrogen-bond acceptors (Lipinski definition) is 5. The Morgan fingerprint density at radius 2 is 1.77 bits per heavy atom. The first-order valence-electron chi connectivity index (χ1n) is 9.39. The minimum atomic E-state index is -0.620. The van der Waals surface area contributed by atoms with Crippen molar-refractivity contribution in [3.05, 3.63) is 103 Å². The van der Waals surface area contributed by atoms with Gasteiger partial charge in [-0.2, -0.15) is 5.10 Å². The number of para-hydroxylation sites is 1. The molecular weight excluding hydrogens is 462 g/mol. The van der Waals surface area contributed by atoms with Crippen LogP contribution in [0.3, 0.4) is 0 Å². The van der Waals surface area contributed by atoms with E-state index in [1.165, 1.54) is 13.3 Å². The van der Waals surface area contributed by atoms with E-state index in [1.54, 1.807) is 36.4 Å². The predicted octanol–water partition coefficient (Wildman–Crippen LogP) is 3.92. The highest BCUT2D eigenvalue weighted by molar-refractivity contribution is 9.10. The van der Waals surface area contributed by atoms with Crippen molar-refractivity contribution in [3.63, 3.8) is 0 Å². The predicted molar refractivity (Wildman–Crippen MR) is 123 cm³/mol. The van der Waals surface area contributed by atoms with Crippen molar-refractivity contribution in [3.8, 4) is 11.5 Å². The number of benzene rings is 3. The number of aromatic amines is 1. The minimum absolute atomic E-state index is 0.376. The van der Waals surface area contributed by atoms with Crippen LogP contribution >= 0.6 is 15.9 Å². The highest BCUT2D eigenvalue weighted by Crippen LogP contribution is 2.33. The summed E-state index contributed by atoms with van der Waals surface area (Å²) in [5, 5.41) is 4.47. The normalized spacial score (nSPS) is 11.2.